The lowest BCUT2D eigenvalue weighted by Gasteiger charge is -1.93. The molecule has 2 aromatic carbocycles. The summed E-state index contributed by atoms with van der Waals surface area (Å²) in [5.41, 5.74) is 2.64. The van der Waals surface area contributed by atoms with Crippen molar-refractivity contribution in [1.29, 1.82) is 0 Å². The Kier molecular flexibility index (Phi) is 3.41. The summed E-state index contributed by atoms with van der Waals surface area (Å²) in [6, 6.07) is 11.8. The zero-order valence-corrected chi connectivity index (χ0v) is 11.5. The molecule has 0 saturated carbocycles. The minimum Gasteiger partial charge on any atom is -0.338 e. The molecule has 0 amide bonds. The number of rotatable bonds is 3. The van der Waals surface area contributed by atoms with E-state index in [-0.39, 0.29) is 5.69 Å². The fourth-order valence-electron chi connectivity index (χ4n) is 1.96. The largest absolute Gasteiger partial charge is 0.338 e. The number of nitrogens with zero attached hydrogens (tertiary/aromatic N) is 2. The highest BCUT2D eigenvalue weighted by molar-refractivity contribution is 6.31. The molecule has 104 valence electrons. The number of imidazole rings is 1. The summed E-state index contributed by atoms with van der Waals surface area (Å²) in [7, 11) is 0. The standard InChI is InChI=1S/C15H10ClN3O2/c16-11-4-7-13-14(9-11)18-15(17-13)8-3-10-1-5-12(6-2-10)19(20)21/h1-9H,(H,17,18)/b8-3+. The van der Waals surface area contributed by atoms with Crippen LogP contribution in [0, 0.1) is 10.1 Å². The molecule has 1 aromatic heterocycles. The highest BCUT2D eigenvalue weighted by atomic mass is 35.5. The molecule has 1 heterocycles. The number of aromatic amines is 1. The van der Waals surface area contributed by atoms with E-state index in [1.165, 1.54) is 12.1 Å². The first-order chi connectivity index (χ1) is 10.1. The van der Waals surface area contributed by atoms with Crippen LogP contribution >= 0.6 is 11.6 Å². The van der Waals surface area contributed by atoms with Crippen molar-refractivity contribution in [3.63, 3.8) is 0 Å². The van der Waals surface area contributed by atoms with Crippen molar-refractivity contribution < 1.29 is 4.92 Å². The number of nitro benzene ring substituents is 1. The summed E-state index contributed by atoms with van der Waals surface area (Å²) in [6.07, 6.45) is 3.65. The second-order valence-corrected chi connectivity index (χ2v) is 4.90. The molecule has 21 heavy (non-hydrogen) atoms. The maximum atomic E-state index is 10.6. The van der Waals surface area contributed by atoms with E-state index in [2.05, 4.69) is 9.97 Å². The Morgan fingerprint density at radius 3 is 2.62 bits per heavy atom. The fraction of sp³-hybridized carbons (Fsp3) is 0. The van der Waals surface area contributed by atoms with Crippen LogP contribution in [0.2, 0.25) is 5.02 Å². The van der Waals surface area contributed by atoms with Crippen LogP contribution < -0.4 is 0 Å². The molecule has 3 rings (SSSR count). The number of benzene rings is 2. The van der Waals surface area contributed by atoms with Crippen LogP contribution in [0.25, 0.3) is 23.2 Å². The van der Waals surface area contributed by atoms with Gasteiger partial charge in [0.05, 0.1) is 16.0 Å². The van der Waals surface area contributed by atoms with Crippen molar-refractivity contribution in [1.82, 2.24) is 9.97 Å². The minimum atomic E-state index is -0.420. The lowest BCUT2D eigenvalue weighted by molar-refractivity contribution is -0.384. The van der Waals surface area contributed by atoms with Crippen molar-refractivity contribution in [3.05, 3.63) is 69.0 Å². The summed E-state index contributed by atoms with van der Waals surface area (Å²) in [4.78, 5) is 17.7. The monoisotopic (exact) mass is 299 g/mol. The van der Waals surface area contributed by atoms with Gasteiger partial charge in [0.25, 0.3) is 5.69 Å². The first kappa shape index (κ1) is 13.3. The fourth-order valence-corrected chi connectivity index (χ4v) is 2.13. The van der Waals surface area contributed by atoms with Crippen molar-refractivity contribution in [2.75, 3.05) is 0 Å². The molecule has 0 atom stereocenters. The Balaban J connectivity index is 1.85. The number of non-ortho nitro benzene ring substituents is 1. The third-order valence-electron chi connectivity index (χ3n) is 3.00. The van der Waals surface area contributed by atoms with Crippen LogP contribution in [0.15, 0.2) is 42.5 Å². The molecule has 0 fully saturated rings. The van der Waals surface area contributed by atoms with Gasteiger partial charge in [0.2, 0.25) is 0 Å². The van der Waals surface area contributed by atoms with Gasteiger partial charge in [-0.05, 0) is 42.0 Å². The van der Waals surface area contributed by atoms with Gasteiger partial charge in [-0.25, -0.2) is 4.98 Å². The van der Waals surface area contributed by atoms with E-state index in [9.17, 15) is 10.1 Å². The smallest absolute Gasteiger partial charge is 0.269 e. The Morgan fingerprint density at radius 1 is 1.14 bits per heavy atom. The topological polar surface area (TPSA) is 71.8 Å². The molecule has 0 aliphatic rings. The Bertz CT molecular complexity index is 838. The highest BCUT2D eigenvalue weighted by Gasteiger charge is 2.03. The molecule has 0 saturated heterocycles. The maximum Gasteiger partial charge on any atom is 0.269 e. The van der Waals surface area contributed by atoms with Crippen LogP contribution in [0.4, 0.5) is 5.69 Å². The normalized spacial score (nSPS) is 11.3. The van der Waals surface area contributed by atoms with Gasteiger partial charge in [0.15, 0.2) is 0 Å². The van der Waals surface area contributed by atoms with Gasteiger partial charge < -0.3 is 4.98 Å². The van der Waals surface area contributed by atoms with Gasteiger partial charge in [-0.1, -0.05) is 17.7 Å². The Labute approximate surface area is 125 Å². The Morgan fingerprint density at radius 2 is 1.90 bits per heavy atom. The predicted molar refractivity (Wildman–Crippen MR) is 83.1 cm³/mol. The van der Waals surface area contributed by atoms with Gasteiger partial charge in [-0.3, -0.25) is 10.1 Å². The average Bonchev–Trinajstić information content (AvgIpc) is 2.87. The lowest BCUT2D eigenvalue weighted by atomic mass is 10.2. The number of aromatic nitrogens is 2. The molecule has 0 radical (unpaired) electrons. The molecule has 0 aliphatic carbocycles. The average molecular weight is 300 g/mol. The van der Waals surface area contributed by atoms with E-state index in [1.807, 2.05) is 24.3 Å². The zero-order chi connectivity index (χ0) is 14.8. The molecule has 0 unspecified atom stereocenters. The lowest BCUT2D eigenvalue weighted by Crippen LogP contribution is -1.86. The number of hydrogen-bond acceptors (Lipinski definition) is 3. The van der Waals surface area contributed by atoms with Crippen LogP contribution in [0.3, 0.4) is 0 Å². The minimum absolute atomic E-state index is 0.0746. The van der Waals surface area contributed by atoms with E-state index in [1.54, 1.807) is 18.2 Å². The summed E-state index contributed by atoms with van der Waals surface area (Å²) in [6.45, 7) is 0. The summed E-state index contributed by atoms with van der Waals surface area (Å²) in [5.74, 6) is 0.700. The van der Waals surface area contributed by atoms with Crippen molar-refractivity contribution >= 4 is 40.5 Å². The second kappa shape index (κ2) is 5.38. The quantitative estimate of drug-likeness (QED) is 0.579. The molecule has 0 bridgehead atoms. The molecule has 1 N–H and O–H groups in total. The van der Waals surface area contributed by atoms with Crippen molar-refractivity contribution in [2.45, 2.75) is 0 Å². The number of nitrogens with one attached hydrogen (secondary N) is 1. The molecular formula is C15H10ClN3O2. The number of nitro groups is 1. The molecular weight excluding hydrogens is 290 g/mol. The first-order valence-electron chi connectivity index (χ1n) is 6.20. The SMILES string of the molecule is O=[N+]([O-])c1ccc(/C=C/c2nc3ccc(Cl)cc3[nH]2)cc1. The second-order valence-electron chi connectivity index (χ2n) is 4.47. The maximum absolute atomic E-state index is 10.6. The van der Waals surface area contributed by atoms with E-state index in [0.29, 0.717) is 10.8 Å². The van der Waals surface area contributed by atoms with Crippen LogP contribution in [-0.2, 0) is 0 Å². The summed E-state index contributed by atoms with van der Waals surface area (Å²) in [5, 5.41) is 11.2. The van der Waals surface area contributed by atoms with Gasteiger partial charge >= 0.3 is 0 Å². The van der Waals surface area contributed by atoms with Crippen LogP contribution in [0.5, 0.6) is 0 Å². The number of fused-ring (bicyclic) bond motifs is 1. The van der Waals surface area contributed by atoms with Gasteiger partial charge in [0, 0.05) is 17.2 Å². The zero-order valence-electron chi connectivity index (χ0n) is 10.8. The number of H-pyrrole nitrogens is 1. The first-order valence-corrected chi connectivity index (χ1v) is 6.57. The van der Waals surface area contributed by atoms with Gasteiger partial charge in [-0.2, -0.15) is 0 Å². The van der Waals surface area contributed by atoms with Gasteiger partial charge in [-0.15, -0.1) is 0 Å². The van der Waals surface area contributed by atoms with E-state index >= 15 is 0 Å². The van der Waals surface area contributed by atoms with Crippen LogP contribution in [0.1, 0.15) is 11.4 Å². The third kappa shape index (κ3) is 2.93. The van der Waals surface area contributed by atoms with Crippen LogP contribution in [-0.4, -0.2) is 14.9 Å². The molecule has 0 spiro atoms. The van der Waals surface area contributed by atoms with Gasteiger partial charge in [0.1, 0.15) is 5.82 Å². The number of halogens is 1. The van der Waals surface area contributed by atoms with E-state index in [0.717, 1.165) is 16.6 Å². The molecule has 6 heteroatoms. The number of hydrogen-bond donors (Lipinski definition) is 1. The summed E-state index contributed by atoms with van der Waals surface area (Å²) < 4.78 is 0. The van der Waals surface area contributed by atoms with Crippen molar-refractivity contribution in [2.24, 2.45) is 0 Å². The van der Waals surface area contributed by atoms with Crippen molar-refractivity contribution in [3.8, 4) is 0 Å². The molecule has 3 aromatic rings. The highest BCUT2D eigenvalue weighted by Crippen LogP contribution is 2.18. The molecule has 0 aliphatic heterocycles. The predicted octanol–water partition coefficient (Wildman–Crippen LogP) is 4.29. The van der Waals surface area contributed by atoms with E-state index in [4.69, 9.17) is 11.6 Å². The van der Waals surface area contributed by atoms with E-state index < -0.39 is 4.92 Å². The summed E-state index contributed by atoms with van der Waals surface area (Å²) >= 11 is 5.92. The Hall–Kier alpha value is -2.66. The molecule has 5 nitrogen and oxygen atoms in total. The third-order valence-corrected chi connectivity index (χ3v) is 3.23.